The van der Waals surface area contributed by atoms with Crippen molar-refractivity contribution >= 4 is 28.3 Å². The summed E-state index contributed by atoms with van der Waals surface area (Å²) in [4.78, 5) is 28.8. The van der Waals surface area contributed by atoms with Gasteiger partial charge in [0.05, 0.1) is 12.0 Å². The molecule has 2 heterocycles. The summed E-state index contributed by atoms with van der Waals surface area (Å²) in [7, 11) is 0. The molecule has 146 valence electrons. The van der Waals surface area contributed by atoms with Crippen molar-refractivity contribution in [2.45, 2.75) is 39.2 Å². The van der Waals surface area contributed by atoms with E-state index in [9.17, 15) is 9.59 Å². The first-order chi connectivity index (χ1) is 13.2. The fourth-order valence-corrected chi connectivity index (χ4v) is 3.28. The molecule has 2 aromatic heterocycles. The Bertz CT molecular complexity index is 954. The largest absolute Gasteiger partial charge is 0.459 e. The van der Waals surface area contributed by atoms with Gasteiger partial charge in [0.25, 0.3) is 5.91 Å². The molecular weight excluding hydrogens is 374 g/mol. The molecule has 0 unspecified atom stereocenters. The average molecular weight is 398 g/mol. The van der Waals surface area contributed by atoms with Gasteiger partial charge in [0, 0.05) is 10.9 Å². The maximum atomic E-state index is 12.3. The number of hydrogen-bond acceptors (Lipinski definition) is 5. The summed E-state index contributed by atoms with van der Waals surface area (Å²) in [5.41, 5.74) is 3.13. The van der Waals surface area contributed by atoms with Gasteiger partial charge in [-0.1, -0.05) is 45.0 Å². The molecular formula is C21H23N3O3S. The third-order valence-corrected chi connectivity index (χ3v) is 5.02. The number of rotatable bonds is 5. The summed E-state index contributed by atoms with van der Waals surface area (Å²) >= 11 is 1.34. The second-order valence-corrected chi connectivity index (χ2v) is 8.39. The number of furan rings is 1. The minimum atomic E-state index is -0.726. The third-order valence-electron chi connectivity index (χ3n) is 4.27. The van der Waals surface area contributed by atoms with E-state index in [2.05, 4.69) is 48.5 Å². The van der Waals surface area contributed by atoms with Crippen LogP contribution in [0.4, 0.5) is 5.13 Å². The van der Waals surface area contributed by atoms with E-state index in [1.165, 1.54) is 29.2 Å². The lowest BCUT2D eigenvalue weighted by atomic mass is 9.86. The molecule has 1 atom stereocenters. The number of nitrogens with zero attached hydrogens (tertiary/aromatic N) is 1. The van der Waals surface area contributed by atoms with Gasteiger partial charge in [0.15, 0.2) is 10.9 Å². The number of aromatic nitrogens is 1. The highest BCUT2D eigenvalue weighted by atomic mass is 32.1. The maximum absolute atomic E-state index is 12.3. The lowest BCUT2D eigenvalue weighted by Crippen LogP contribution is -2.41. The van der Waals surface area contributed by atoms with E-state index in [0.29, 0.717) is 5.13 Å². The Morgan fingerprint density at radius 3 is 2.46 bits per heavy atom. The van der Waals surface area contributed by atoms with Gasteiger partial charge in [-0.05, 0) is 30.0 Å². The van der Waals surface area contributed by atoms with Gasteiger partial charge < -0.3 is 15.1 Å². The highest BCUT2D eigenvalue weighted by molar-refractivity contribution is 7.14. The first kappa shape index (κ1) is 19.8. The van der Waals surface area contributed by atoms with Crippen molar-refractivity contribution in [1.29, 1.82) is 0 Å². The number of nitrogens with one attached hydrogen (secondary N) is 2. The number of benzene rings is 1. The van der Waals surface area contributed by atoms with Crippen molar-refractivity contribution in [1.82, 2.24) is 10.3 Å². The van der Waals surface area contributed by atoms with Crippen LogP contribution in [-0.2, 0) is 10.2 Å². The molecule has 2 N–H and O–H groups in total. The SMILES string of the molecule is C[C@@H](NC(=O)c1ccco1)C(=O)Nc1nc(-c2ccc(C(C)(C)C)cc2)cs1. The standard InChI is InChI=1S/C21H23N3O3S/c1-13(22-19(26)17-6-5-11-27-17)18(25)24-20-23-16(12-28-20)14-7-9-15(10-8-14)21(2,3)4/h5-13H,1-4H3,(H,22,26)(H,23,24,25)/t13-/m1/s1. The Balaban J connectivity index is 1.62. The highest BCUT2D eigenvalue weighted by Gasteiger charge is 2.19. The number of anilines is 1. The van der Waals surface area contributed by atoms with Crippen LogP contribution < -0.4 is 10.6 Å². The number of carbonyl (C=O) groups is 2. The van der Waals surface area contributed by atoms with Crippen LogP contribution in [0.1, 0.15) is 43.8 Å². The fourth-order valence-electron chi connectivity index (χ4n) is 2.56. The lowest BCUT2D eigenvalue weighted by Gasteiger charge is -2.18. The lowest BCUT2D eigenvalue weighted by molar-refractivity contribution is -0.117. The van der Waals surface area contributed by atoms with Crippen LogP contribution in [0.15, 0.2) is 52.5 Å². The van der Waals surface area contributed by atoms with Crippen molar-refractivity contribution < 1.29 is 14.0 Å². The zero-order valence-electron chi connectivity index (χ0n) is 16.3. The summed E-state index contributed by atoms with van der Waals surface area (Å²) in [6, 6.07) is 10.7. The molecule has 28 heavy (non-hydrogen) atoms. The van der Waals surface area contributed by atoms with E-state index in [0.717, 1.165) is 11.3 Å². The van der Waals surface area contributed by atoms with E-state index in [1.807, 2.05) is 17.5 Å². The normalized spacial score (nSPS) is 12.4. The molecule has 3 aromatic rings. The zero-order chi connectivity index (χ0) is 20.3. The molecule has 0 saturated carbocycles. The van der Waals surface area contributed by atoms with Gasteiger partial charge in [0.1, 0.15) is 6.04 Å². The predicted octanol–water partition coefficient (Wildman–Crippen LogP) is 4.46. The molecule has 0 fully saturated rings. The smallest absolute Gasteiger partial charge is 0.287 e. The van der Waals surface area contributed by atoms with Crippen LogP contribution >= 0.6 is 11.3 Å². The Hall–Kier alpha value is -2.93. The molecule has 0 aliphatic heterocycles. The predicted molar refractivity (Wildman–Crippen MR) is 111 cm³/mol. The topological polar surface area (TPSA) is 84.2 Å². The van der Waals surface area contributed by atoms with E-state index in [1.54, 1.807) is 13.0 Å². The molecule has 0 aliphatic carbocycles. The van der Waals surface area contributed by atoms with Gasteiger partial charge in [-0.2, -0.15) is 0 Å². The molecule has 7 heteroatoms. The van der Waals surface area contributed by atoms with E-state index >= 15 is 0 Å². The van der Waals surface area contributed by atoms with Crippen molar-refractivity contribution in [3.05, 3.63) is 59.4 Å². The van der Waals surface area contributed by atoms with E-state index in [4.69, 9.17) is 4.42 Å². The van der Waals surface area contributed by atoms with E-state index in [-0.39, 0.29) is 17.1 Å². The molecule has 0 spiro atoms. The summed E-state index contributed by atoms with van der Waals surface area (Å²) in [6.45, 7) is 8.12. The highest BCUT2D eigenvalue weighted by Crippen LogP contribution is 2.28. The quantitative estimate of drug-likeness (QED) is 0.666. The molecule has 0 radical (unpaired) electrons. The Morgan fingerprint density at radius 1 is 1.14 bits per heavy atom. The zero-order valence-corrected chi connectivity index (χ0v) is 17.1. The van der Waals surface area contributed by atoms with Crippen molar-refractivity contribution in [2.24, 2.45) is 0 Å². The van der Waals surface area contributed by atoms with Crippen LogP contribution in [0.3, 0.4) is 0 Å². The molecule has 0 saturated heterocycles. The van der Waals surface area contributed by atoms with Crippen molar-refractivity contribution in [2.75, 3.05) is 5.32 Å². The molecule has 3 rings (SSSR count). The van der Waals surface area contributed by atoms with Crippen LogP contribution in [0.25, 0.3) is 11.3 Å². The monoisotopic (exact) mass is 397 g/mol. The van der Waals surface area contributed by atoms with Gasteiger partial charge >= 0.3 is 0 Å². The Kier molecular flexibility index (Phi) is 5.65. The number of thiazole rings is 1. The second kappa shape index (κ2) is 7.98. The fraction of sp³-hybridized carbons (Fsp3) is 0.286. The average Bonchev–Trinajstić information content (AvgIpc) is 3.33. The van der Waals surface area contributed by atoms with Gasteiger partial charge in [-0.3, -0.25) is 9.59 Å². The summed E-state index contributed by atoms with van der Waals surface area (Å²) in [6.07, 6.45) is 1.41. The summed E-state index contributed by atoms with van der Waals surface area (Å²) in [5, 5.41) is 7.72. The molecule has 0 aliphatic rings. The van der Waals surface area contributed by atoms with Gasteiger partial charge in [-0.15, -0.1) is 11.3 Å². The Labute approximate surface area is 168 Å². The summed E-state index contributed by atoms with van der Waals surface area (Å²) in [5.74, 6) is -0.620. The maximum Gasteiger partial charge on any atom is 0.287 e. The molecule has 6 nitrogen and oxygen atoms in total. The first-order valence-electron chi connectivity index (χ1n) is 8.96. The summed E-state index contributed by atoms with van der Waals surface area (Å²) < 4.78 is 5.02. The van der Waals surface area contributed by atoms with Gasteiger partial charge in [0.2, 0.25) is 5.91 Å². The number of hydrogen-bond donors (Lipinski definition) is 2. The Morgan fingerprint density at radius 2 is 1.86 bits per heavy atom. The number of amides is 2. The number of carbonyl (C=O) groups excluding carboxylic acids is 2. The van der Waals surface area contributed by atoms with Crippen LogP contribution in [0.2, 0.25) is 0 Å². The van der Waals surface area contributed by atoms with Crippen molar-refractivity contribution in [3.63, 3.8) is 0 Å². The first-order valence-corrected chi connectivity index (χ1v) is 9.83. The van der Waals surface area contributed by atoms with Crippen LogP contribution in [0.5, 0.6) is 0 Å². The van der Waals surface area contributed by atoms with Gasteiger partial charge in [-0.25, -0.2) is 4.98 Å². The van der Waals surface area contributed by atoms with Crippen molar-refractivity contribution in [3.8, 4) is 11.3 Å². The molecule has 2 amide bonds. The van der Waals surface area contributed by atoms with Crippen LogP contribution in [-0.4, -0.2) is 22.8 Å². The van der Waals surface area contributed by atoms with Crippen LogP contribution in [0, 0.1) is 0 Å². The van der Waals surface area contributed by atoms with E-state index < -0.39 is 11.9 Å². The minimum Gasteiger partial charge on any atom is -0.459 e. The molecule has 1 aromatic carbocycles. The second-order valence-electron chi connectivity index (χ2n) is 7.53. The minimum absolute atomic E-state index is 0.0932. The molecule has 0 bridgehead atoms. The third kappa shape index (κ3) is 4.67.